The van der Waals surface area contributed by atoms with Crippen LogP contribution in [0.25, 0.3) is 0 Å². The van der Waals surface area contributed by atoms with Crippen LogP contribution in [0.3, 0.4) is 0 Å². The minimum Gasteiger partial charge on any atom is -0.343 e. The summed E-state index contributed by atoms with van der Waals surface area (Å²) >= 11 is 5.78. The molecule has 0 unspecified atom stereocenters. The summed E-state index contributed by atoms with van der Waals surface area (Å²) in [6.07, 6.45) is 0.711. The number of nitrogens with zero attached hydrogens (tertiary/aromatic N) is 2. The Hall–Kier alpha value is -1.12. The highest BCUT2D eigenvalue weighted by Crippen LogP contribution is 2.37. The number of hydrogen-bond donors (Lipinski definition) is 1. The van der Waals surface area contributed by atoms with Crippen molar-refractivity contribution in [3.8, 4) is 0 Å². The van der Waals surface area contributed by atoms with Crippen LogP contribution < -0.4 is 10.6 Å². The van der Waals surface area contributed by atoms with Gasteiger partial charge in [0, 0.05) is 18.3 Å². The van der Waals surface area contributed by atoms with Crippen LogP contribution in [-0.4, -0.2) is 31.0 Å². The number of rotatable bonds is 2. The van der Waals surface area contributed by atoms with Gasteiger partial charge in [0.2, 0.25) is 5.29 Å². The van der Waals surface area contributed by atoms with Crippen molar-refractivity contribution < 1.29 is 4.57 Å². The van der Waals surface area contributed by atoms with E-state index in [1.807, 2.05) is 24.3 Å². The molecule has 1 N–H and O–H groups in total. The second kappa shape index (κ2) is 5.25. The Morgan fingerprint density at radius 2 is 2.06 bits per heavy atom. The van der Waals surface area contributed by atoms with E-state index in [0.717, 1.165) is 16.8 Å². The molecule has 0 saturated heterocycles. The smallest absolute Gasteiger partial charge is 0.219 e. The highest BCUT2D eigenvalue weighted by atomic mass is 35.5. The van der Waals surface area contributed by atoms with Crippen molar-refractivity contribution in [3.63, 3.8) is 0 Å². The van der Waals surface area contributed by atoms with Gasteiger partial charge in [-0.05, 0) is 37.1 Å². The molecule has 0 aliphatic carbocycles. The lowest BCUT2D eigenvalue weighted by atomic mass is 10.3. The van der Waals surface area contributed by atoms with Crippen LogP contribution in [0.2, 0.25) is 0 Å². The Kier molecular flexibility index (Phi) is 3.88. The predicted molar refractivity (Wildman–Crippen MR) is 79.4 cm³/mol. The summed E-state index contributed by atoms with van der Waals surface area (Å²) in [4.78, 5) is 8.12. The molecule has 4 nitrogen and oxygen atoms in total. The number of para-hydroxylation sites is 1. The summed E-state index contributed by atoms with van der Waals surface area (Å²) in [5.41, 5.74) is 0.830. The molecule has 6 heteroatoms. The molecule has 0 spiro atoms. The molecular formula is C12H15ClN3OP. The number of aliphatic imine (C=N–C) groups is 2. The van der Waals surface area contributed by atoms with Crippen molar-refractivity contribution in [2.75, 3.05) is 25.2 Å². The van der Waals surface area contributed by atoms with E-state index in [4.69, 9.17) is 11.6 Å². The number of halogens is 1. The first-order valence-corrected chi connectivity index (χ1v) is 8.64. The fourth-order valence-electron chi connectivity index (χ4n) is 1.75. The lowest BCUT2D eigenvalue weighted by Gasteiger charge is -2.17. The Morgan fingerprint density at radius 1 is 1.33 bits per heavy atom. The SMILES string of the molecule is CP(C)(=O)c1ccccc1NC1=NC(Cl)=NCC1. The number of nitrogens with one attached hydrogen (secondary N) is 1. The van der Waals surface area contributed by atoms with Gasteiger partial charge in [-0.2, -0.15) is 0 Å². The molecule has 1 aromatic carbocycles. The lowest BCUT2D eigenvalue weighted by molar-refractivity contribution is 0.588. The standard InChI is InChI=1S/C12H15ClN3OP/c1-18(2,17)10-6-4-3-5-9(10)15-11-7-8-14-12(13)16-11/h3-6H,7-8H2,1-2H3,(H,14,15,16). The van der Waals surface area contributed by atoms with Crippen LogP contribution >= 0.6 is 18.7 Å². The molecule has 96 valence electrons. The molecule has 0 amide bonds. The van der Waals surface area contributed by atoms with Gasteiger partial charge >= 0.3 is 0 Å². The third-order valence-electron chi connectivity index (χ3n) is 2.58. The molecule has 0 atom stereocenters. The first kappa shape index (κ1) is 13.3. The minimum absolute atomic E-state index is 0.261. The molecule has 0 saturated carbocycles. The molecule has 1 aliphatic rings. The van der Waals surface area contributed by atoms with Crippen molar-refractivity contribution in [1.82, 2.24) is 0 Å². The fraction of sp³-hybridized carbons (Fsp3) is 0.333. The third kappa shape index (κ3) is 3.21. The van der Waals surface area contributed by atoms with Crippen LogP contribution in [0.1, 0.15) is 6.42 Å². The largest absolute Gasteiger partial charge is 0.343 e. The molecule has 1 heterocycles. The van der Waals surface area contributed by atoms with Gasteiger partial charge in [0.25, 0.3) is 0 Å². The van der Waals surface area contributed by atoms with Gasteiger partial charge < -0.3 is 9.88 Å². The number of anilines is 1. The predicted octanol–water partition coefficient (Wildman–Crippen LogP) is 2.74. The maximum atomic E-state index is 12.2. The van der Waals surface area contributed by atoms with Crippen molar-refractivity contribution in [2.45, 2.75) is 6.42 Å². The van der Waals surface area contributed by atoms with Crippen LogP contribution in [0.4, 0.5) is 5.69 Å². The highest BCUT2D eigenvalue weighted by Gasteiger charge is 2.17. The van der Waals surface area contributed by atoms with Crippen LogP contribution in [-0.2, 0) is 4.57 Å². The molecular weight excluding hydrogens is 269 g/mol. The van der Waals surface area contributed by atoms with Crippen LogP contribution in [0.5, 0.6) is 0 Å². The second-order valence-electron chi connectivity index (χ2n) is 4.45. The topological polar surface area (TPSA) is 53.8 Å². The normalized spacial score (nSPS) is 15.9. The van der Waals surface area contributed by atoms with E-state index in [0.29, 0.717) is 13.0 Å². The van der Waals surface area contributed by atoms with Crippen molar-refractivity contribution in [1.29, 1.82) is 0 Å². The maximum absolute atomic E-state index is 12.2. The summed E-state index contributed by atoms with van der Waals surface area (Å²) in [7, 11) is -2.32. The molecule has 0 bridgehead atoms. The van der Waals surface area contributed by atoms with Crippen molar-refractivity contribution in [3.05, 3.63) is 24.3 Å². The molecule has 0 fully saturated rings. The van der Waals surface area contributed by atoms with Gasteiger partial charge in [-0.15, -0.1) is 0 Å². The van der Waals surface area contributed by atoms with Crippen LogP contribution in [0.15, 0.2) is 34.3 Å². The first-order valence-electron chi connectivity index (χ1n) is 5.66. The molecule has 2 rings (SSSR count). The maximum Gasteiger partial charge on any atom is 0.219 e. The van der Waals surface area contributed by atoms with Gasteiger partial charge in [0.05, 0.1) is 5.69 Å². The summed E-state index contributed by atoms with van der Waals surface area (Å²) in [5.74, 6) is 0.760. The Bertz CT molecular complexity index is 562. The van der Waals surface area contributed by atoms with E-state index >= 15 is 0 Å². The van der Waals surface area contributed by atoms with E-state index in [1.165, 1.54) is 0 Å². The van der Waals surface area contributed by atoms with Gasteiger partial charge in [-0.3, -0.25) is 4.99 Å². The third-order valence-corrected chi connectivity index (χ3v) is 4.34. The Morgan fingerprint density at radius 3 is 2.72 bits per heavy atom. The summed E-state index contributed by atoms with van der Waals surface area (Å²) in [5, 5.41) is 4.29. The number of hydrogen-bond acceptors (Lipinski definition) is 4. The zero-order chi connectivity index (χ0) is 13.2. The van der Waals surface area contributed by atoms with Crippen molar-refractivity contribution >= 4 is 40.9 Å². The fourth-order valence-corrected chi connectivity index (χ4v) is 3.09. The van der Waals surface area contributed by atoms with E-state index in [1.54, 1.807) is 13.3 Å². The average molecular weight is 284 g/mol. The quantitative estimate of drug-likeness (QED) is 0.670. The van der Waals surface area contributed by atoms with E-state index in [2.05, 4.69) is 15.3 Å². The molecule has 0 radical (unpaired) electrons. The second-order valence-corrected chi connectivity index (χ2v) is 7.97. The molecule has 0 aromatic heterocycles. The molecule has 1 aromatic rings. The van der Waals surface area contributed by atoms with Gasteiger partial charge in [0.1, 0.15) is 13.0 Å². The monoisotopic (exact) mass is 283 g/mol. The van der Waals surface area contributed by atoms with Gasteiger partial charge in [-0.25, -0.2) is 4.99 Å². The highest BCUT2D eigenvalue weighted by molar-refractivity contribution is 7.70. The Labute approximate surface area is 112 Å². The number of benzene rings is 1. The van der Waals surface area contributed by atoms with Gasteiger partial charge in [-0.1, -0.05) is 12.1 Å². The zero-order valence-electron chi connectivity index (χ0n) is 10.4. The van der Waals surface area contributed by atoms with Gasteiger partial charge in [0.15, 0.2) is 0 Å². The first-order chi connectivity index (χ1) is 8.47. The average Bonchev–Trinajstić information content (AvgIpc) is 2.28. The van der Waals surface area contributed by atoms with Crippen molar-refractivity contribution in [2.24, 2.45) is 9.98 Å². The summed E-state index contributed by atoms with van der Waals surface area (Å²) < 4.78 is 12.2. The van der Waals surface area contributed by atoms with E-state index in [9.17, 15) is 4.57 Å². The lowest BCUT2D eigenvalue weighted by Crippen LogP contribution is -2.22. The Balaban J connectivity index is 2.30. The summed E-state index contributed by atoms with van der Waals surface area (Å²) in [6, 6.07) is 7.57. The van der Waals surface area contributed by atoms with E-state index < -0.39 is 7.14 Å². The molecule has 1 aliphatic heterocycles. The van der Waals surface area contributed by atoms with E-state index in [-0.39, 0.29) is 5.29 Å². The van der Waals surface area contributed by atoms with Crippen LogP contribution in [0, 0.1) is 0 Å². The minimum atomic E-state index is -2.32. The summed E-state index contributed by atoms with van der Waals surface area (Å²) in [6.45, 7) is 4.14. The number of amidine groups is 2. The molecule has 18 heavy (non-hydrogen) atoms. The zero-order valence-corrected chi connectivity index (χ0v) is 12.0.